The molecule has 6 heteroatoms. The zero-order valence-corrected chi connectivity index (χ0v) is 12.9. The number of carboxylic acid groups (broad SMARTS) is 1. The zero-order valence-electron chi connectivity index (χ0n) is 12.9. The van der Waals surface area contributed by atoms with E-state index in [4.69, 9.17) is 5.11 Å². The fourth-order valence-corrected chi connectivity index (χ4v) is 1.52. The van der Waals surface area contributed by atoms with Crippen LogP contribution in [0.5, 0.6) is 0 Å². The summed E-state index contributed by atoms with van der Waals surface area (Å²) in [6.07, 6.45) is 1.25. The molecule has 0 saturated heterocycles. The normalized spacial score (nSPS) is 14.2. The Morgan fingerprint density at radius 2 is 1.75 bits per heavy atom. The molecule has 0 aliphatic carbocycles. The predicted octanol–water partition coefficient (Wildman–Crippen LogP) is 1.15. The van der Waals surface area contributed by atoms with Crippen LogP contribution in [0.1, 0.15) is 47.5 Å². The molecule has 0 aromatic rings. The molecule has 0 aliphatic rings. The lowest BCUT2D eigenvalue weighted by Crippen LogP contribution is -2.49. The van der Waals surface area contributed by atoms with Gasteiger partial charge in [0.1, 0.15) is 6.04 Å². The van der Waals surface area contributed by atoms with Crippen LogP contribution < -0.4 is 10.6 Å². The van der Waals surface area contributed by atoms with Crippen LogP contribution in [-0.2, 0) is 14.4 Å². The maximum Gasteiger partial charge on any atom is 0.308 e. The number of amides is 2. The third-order valence-corrected chi connectivity index (χ3v) is 2.93. The van der Waals surface area contributed by atoms with Crippen molar-refractivity contribution in [2.24, 2.45) is 11.3 Å². The first-order valence-corrected chi connectivity index (χ1v) is 6.91. The number of nitrogens with one attached hydrogen (secondary N) is 2. The zero-order chi connectivity index (χ0) is 15.9. The summed E-state index contributed by atoms with van der Waals surface area (Å²) in [7, 11) is 0. The fourth-order valence-electron chi connectivity index (χ4n) is 1.52. The highest BCUT2D eigenvalue weighted by Crippen LogP contribution is 2.12. The minimum Gasteiger partial charge on any atom is -0.481 e. The lowest BCUT2D eigenvalue weighted by atomic mass is 9.95. The molecule has 0 radical (unpaired) electrons. The SMILES string of the molecule is CCCC(CNC(=O)C(C)NC(=O)C(C)(C)C)C(=O)O. The van der Waals surface area contributed by atoms with Crippen molar-refractivity contribution >= 4 is 17.8 Å². The number of carbonyl (C=O) groups excluding carboxylic acids is 2. The van der Waals surface area contributed by atoms with Crippen molar-refractivity contribution in [2.75, 3.05) is 6.54 Å². The van der Waals surface area contributed by atoms with Gasteiger partial charge in [0.05, 0.1) is 5.92 Å². The Morgan fingerprint density at radius 3 is 2.15 bits per heavy atom. The van der Waals surface area contributed by atoms with Gasteiger partial charge in [-0.25, -0.2) is 0 Å². The largest absolute Gasteiger partial charge is 0.481 e. The summed E-state index contributed by atoms with van der Waals surface area (Å²) < 4.78 is 0. The summed E-state index contributed by atoms with van der Waals surface area (Å²) in [5, 5.41) is 14.2. The van der Waals surface area contributed by atoms with Gasteiger partial charge in [-0.05, 0) is 13.3 Å². The lowest BCUT2D eigenvalue weighted by molar-refractivity contribution is -0.142. The van der Waals surface area contributed by atoms with Crippen LogP contribution in [-0.4, -0.2) is 35.5 Å². The Morgan fingerprint density at radius 1 is 1.20 bits per heavy atom. The van der Waals surface area contributed by atoms with Crippen LogP contribution in [0.4, 0.5) is 0 Å². The summed E-state index contributed by atoms with van der Waals surface area (Å²) in [6.45, 7) is 8.83. The molecule has 2 unspecified atom stereocenters. The molecule has 6 nitrogen and oxygen atoms in total. The number of hydrogen-bond acceptors (Lipinski definition) is 3. The average molecular weight is 286 g/mol. The Bertz CT molecular complexity index is 361. The van der Waals surface area contributed by atoms with Crippen molar-refractivity contribution in [3.8, 4) is 0 Å². The highest BCUT2D eigenvalue weighted by molar-refractivity contribution is 5.89. The molecular weight excluding hydrogens is 260 g/mol. The van der Waals surface area contributed by atoms with Crippen LogP contribution >= 0.6 is 0 Å². The summed E-state index contributed by atoms with van der Waals surface area (Å²) in [5.74, 6) is -2.10. The molecule has 116 valence electrons. The topological polar surface area (TPSA) is 95.5 Å². The van der Waals surface area contributed by atoms with Crippen molar-refractivity contribution in [1.82, 2.24) is 10.6 Å². The Kier molecular flexibility index (Phi) is 7.24. The number of rotatable bonds is 7. The first-order chi connectivity index (χ1) is 9.09. The molecule has 2 amide bonds. The summed E-state index contributed by atoms with van der Waals surface area (Å²) in [5.41, 5.74) is -0.569. The number of carbonyl (C=O) groups is 3. The van der Waals surface area contributed by atoms with Crippen molar-refractivity contribution in [3.05, 3.63) is 0 Å². The molecule has 0 aromatic carbocycles. The molecule has 3 N–H and O–H groups in total. The molecule has 0 aromatic heterocycles. The van der Waals surface area contributed by atoms with Gasteiger partial charge in [0.2, 0.25) is 11.8 Å². The quantitative estimate of drug-likeness (QED) is 0.654. The Balaban J connectivity index is 4.33. The van der Waals surface area contributed by atoms with Crippen LogP contribution in [0.25, 0.3) is 0 Å². The van der Waals surface area contributed by atoms with Crippen LogP contribution in [0, 0.1) is 11.3 Å². The molecule has 2 atom stereocenters. The van der Waals surface area contributed by atoms with Gasteiger partial charge in [-0.2, -0.15) is 0 Å². The average Bonchev–Trinajstić information content (AvgIpc) is 2.32. The van der Waals surface area contributed by atoms with E-state index >= 15 is 0 Å². The van der Waals surface area contributed by atoms with E-state index in [1.54, 1.807) is 27.7 Å². The monoisotopic (exact) mass is 286 g/mol. The van der Waals surface area contributed by atoms with Crippen molar-refractivity contribution in [3.63, 3.8) is 0 Å². The van der Waals surface area contributed by atoms with Crippen molar-refractivity contribution < 1.29 is 19.5 Å². The Labute approximate surface area is 120 Å². The maximum absolute atomic E-state index is 11.8. The highest BCUT2D eigenvalue weighted by atomic mass is 16.4. The van der Waals surface area contributed by atoms with E-state index in [0.717, 1.165) is 6.42 Å². The van der Waals surface area contributed by atoms with E-state index in [-0.39, 0.29) is 18.4 Å². The van der Waals surface area contributed by atoms with E-state index in [1.807, 2.05) is 6.92 Å². The van der Waals surface area contributed by atoms with Gasteiger partial charge in [0, 0.05) is 12.0 Å². The van der Waals surface area contributed by atoms with E-state index in [0.29, 0.717) is 6.42 Å². The summed E-state index contributed by atoms with van der Waals surface area (Å²) >= 11 is 0. The summed E-state index contributed by atoms with van der Waals surface area (Å²) in [6, 6.07) is -0.683. The second kappa shape index (κ2) is 7.87. The second-order valence-electron chi connectivity index (χ2n) is 6.01. The first-order valence-electron chi connectivity index (χ1n) is 6.91. The van der Waals surface area contributed by atoms with E-state index in [1.165, 1.54) is 0 Å². The van der Waals surface area contributed by atoms with Crippen LogP contribution in [0.2, 0.25) is 0 Å². The third kappa shape index (κ3) is 6.54. The van der Waals surface area contributed by atoms with E-state index in [2.05, 4.69) is 10.6 Å². The number of carboxylic acids is 1. The van der Waals surface area contributed by atoms with Gasteiger partial charge in [-0.3, -0.25) is 14.4 Å². The standard InChI is InChI=1S/C14H26N2O4/c1-6-7-10(12(18)19)8-15-11(17)9(2)16-13(20)14(3,4)5/h9-10H,6-8H2,1-5H3,(H,15,17)(H,16,20)(H,18,19). The van der Waals surface area contributed by atoms with Crippen molar-refractivity contribution in [1.29, 1.82) is 0 Å². The molecule has 0 heterocycles. The predicted molar refractivity (Wildman–Crippen MR) is 76.1 cm³/mol. The first kappa shape index (κ1) is 18.4. The lowest BCUT2D eigenvalue weighted by Gasteiger charge is -2.22. The van der Waals surface area contributed by atoms with Crippen LogP contribution in [0.3, 0.4) is 0 Å². The van der Waals surface area contributed by atoms with Gasteiger partial charge in [0.15, 0.2) is 0 Å². The van der Waals surface area contributed by atoms with Gasteiger partial charge in [-0.15, -0.1) is 0 Å². The molecule has 0 spiro atoms. The molecule has 0 bridgehead atoms. The van der Waals surface area contributed by atoms with Crippen LogP contribution in [0.15, 0.2) is 0 Å². The smallest absolute Gasteiger partial charge is 0.308 e. The van der Waals surface area contributed by atoms with Gasteiger partial charge >= 0.3 is 5.97 Å². The highest BCUT2D eigenvalue weighted by Gasteiger charge is 2.25. The molecule has 0 fully saturated rings. The minimum absolute atomic E-state index is 0.0811. The molecular formula is C14H26N2O4. The van der Waals surface area contributed by atoms with Crippen molar-refractivity contribution in [2.45, 2.75) is 53.5 Å². The number of aliphatic carboxylic acids is 1. The van der Waals surface area contributed by atoms with E-state index in [9.17, 15) is 14.4 Å². The second-order valence-corrected chi connectivity index (χ2v) is 6.01. The molecule has 0 aliphatic heterocycles. The maximum atomic E-state index is 11.8. The molecule has 0 rings (SSSR count). The minimum atomic E-state index is -0.918. The third-order valence-electron chi connectivity index (χ3n) is 2.93. The van der Waals surface area contributed by atoms with Gasteiger partial charge in [-0.1, -0.05) is 34.1 Å². The van der Waals surface area contributed by atoms with Gasteiger partial charge in [0.25, 0.3) is 0 Å². The number of hydrogen-bond donors (Lipinski definition) is 3. The Hall–Kier alpha value is -1.59. The van der Waals surface area contributed by atoms with E-state index < -0.39 is 23.3 Å². The molecule has 0 saturated carbocycles. The fraction of sp³-hybridized carbons (Fsp3) is 0.786. The molecule has 20 heavy (non-hydrogen) atoms. The summed E-state index contributed by atoms with van der Waals surface area (Å²) in [4.78, 5) is 34.5. The van der Waals surface area contributed by atoms with Gasteiger partial charge < -0.3 is 15.7 Å².